The number of pyridine rings is 1. The molecule has 1 aliphatic heterocycles. The summed E-state index contributed by atoms with van der Waals surface area (Å²) in [7, 11) is 0. The normalized spacial score (nSPS) is 19.7. The van der Waals surface area contributed by atoms with Crippen LogP contribution in [0, 0.1) is 5.92 Å². The van der Waals surface area contributed by atoms with Gasteiger partial charge in [-0.2, -0.15) is 13.2 Å². The Balaban J connectivity index is 1.78. The van der Waals surface area contributed by atoms with Gasteiger partial charge in [0.1, 0.15) is 5.82 Å². The van der Waals surface area contributed by atoms with Crippen LogP contribution in [0.3, 0.4) is 0 Å². The van der Waals surface area contributed by atoms with E-state index in [2.05, 4.69) is 39.0 Å². The minimum absolute atomic E-state index is 0.0361. The molecule has 146 valence electrons. The Morgan fingerprint density at radius 3 is 2.67 bits per heavy atom. The highest BCUT2D eigenvalue weighted by molar-refractivity contribution is 5.57. The van der Waals surface area contributed by atoms with Crippen LogP contribution >= 0.6 is 0 Å². The summed E-state index contributed by atoms with van der Waals surface area (Å²) in [4.78, 5) is 14.2. The highest BCUT2D eigenvalue weighted by Crippen LogP contribution is 2.30. The minimum atomic E-state index is -4.53. The first-order valence-electron chi connectivity index (χ1n) is 9.17. The van der Waals surface area contributed by atoms with Crippen LogP contribution in [0.15, 0.2) is 30.6 Å². The summed E-state index contributed by atoms with van der Waals surface area (Å²) in [5.41, 5.74) is -0.455. The van der Waals surface area contributed by atoms with Gasteiger partial charge in [-0.3, -0.25) is 9.88 Å². The van der Waals surface area contributed by atoms with Crippen LogP contribution in [0.5, 0.6) is 0 Å². The van der Waals surface area contributed by atoms with E-state index in [0.717, 1.165) is 25.6 Å². The summed E-state index contributed by atoms with van der Waals surface area (Å²) in [6.07, 6.45) is 0.864. The number of nitrogens with one attached hydrogen (secondary N) is 1. The van der Waals surface area contributed by atoms with Crippen molar-refractivity contribution in [2.24, 2.45) is 5.92 Å². The largest absolute Gasteiger partial charge is 0.433 e. The second-order valence-electron chi connectivity index (χ2n) is 7.17. The van der Waals surface area contributed by atoms with Crippen molar-refractivity contribution in [3.05, 3.63) is 36.3 Å². The summed E-state index contributed by atoms with van der Waals surface area (Å²) >= 11 is 0. The summed E-state index contributed by atoms with van der Waals surface area (Å²) in [6, 6.07) is 4.37. The maximum atomic E-state index is 13.3. The van der Waals surface area contributed by atoms with Gasteiger partial charge in [-0.05, 0) is 44.4 Å². The molecule has 0 spiro atoms. The molecule has 0 saturated carbocycles. The number of anilines is 1. The van der Waals surface area contributed by atoms with Gasteiger partial charge in [0.05, 0.1) is 0 Å². The van der Waals surface area contributed by atoms with Gasteiger partial charge in [0.25, 0.3) is 0 Å². The van der Waals surface area contributed by atoms with Gasteiger partial charge in [-0.1, -0.05) is 6.92 Å². The number of alkyl halides is 3. The van der Waals surface area contributed by atoms with Crippen molar-refractivity contribution in [3.8, 4) is 11.4 Å². The molecule has 0 amide bonds. The number of nitrogens with zero attached hydrogens (tertiary/aromatic N) is 4. The molecule has 3 heterocycles. The molecule has 1 N–H and O–H groups in total. The average Bonchev–Trinajstić information content (AvgIpc) is 2.66. The maximum Gasteiger partial charge on any atom is 0.433 e. The number of aromatic nitrogens is 3. The Bertz CT molecular complexity index is 751. The van der Waals surface area contributed by atoms with Crippen molar-refractivity contribution in [2.75, 3.05) is 25.0 Å². The molecule has 8 heteroatoms. The number of rotatable bonds is 5. The molecule has 0 bridgehead atoms. The van der Waals surface area contributed by atoms with Crippen LogP contribution in [-0.4, -0.2) is 45.5 Å². The fraction of sp³-hybridized carbons (Fsp3) is 0.526. The van der Waals surface area contributed by atoms with Crippen LogP contribution in [0.25, 0.3) is 11.4 Å². The third-order valence-electron chi connectivity index (χ3n) is 4.85. The molecule has 2 aromatic heterocycles. The Hall–Kier alpha value is -2.22. The molecular formula is C19H24F3N5. The van der Waals surface area contributed by atoms with Gasteiger partial charge in [-0.25, -0.2) is 9.97 Å². The molecule has 0 radical (unpaired) electrons. The molecule has 5 nitrogen and oxygen atoms in total. The van der Waals surface area contributed by atoms with E-state index < -0.39 is 11.9 Å². The van der Waals surface area contributed by atoms with Crippen molar-refractivity contribution >= 4 is 5.82 Å². The molecule has 1 saturated heterocycles. The number of halogens is 3. The minimum Gasteiger partial charge on any atom is -0.368 e. The first-order chi connectivity index (χ1) is 12.8. The van der Waals surface area contributed by atoms with Crippen LogP contribution < -0.4 is 5.32 Å². The average molecular weight is 379 g/mol. The highest BCUT2D eigenvalue weighted by atomic mass is 19.4. The predicted octanol–water partition coefficient (Wildman–Crippen LogP) is 4.09. The summed E-state index contributed by atoms with van der Waals surface area (Å²) in [6.45, 7) is 6.88. The zero-order valence-corrected chi connectivity index (χ0v) is 15.5. The number of piperidine rings is 1. The SMILES string of the molecule is CC1CCCN(C(C)CNc2cc(C(F)(F)F)nc(-c3ccncc3)n2)C1. The Morgan fingerprint density at radius 1 is 1.26 bits per heavy atom. The summed E-state index contributed by atoms with van der Waals surface area (Å²) in [5, 5.41) is 3.07. The predicted molar refractivity (Wildman–Crippen MR) is 98.2 cm³/mol. The van der Waals surface area contributed by atoms with Crippen molar-refractivity contribution in [1.82, 2.24) is 19.9 Å². The quantitative estimate of drug-likeness (QED) is 0.848. The van der Waals surface area contributed by atoms with Crippen LogP contribution in [0.1, 0.15) is 32.4 Å². The lowest BCUT2D eigenvalue weighted by Gasteiger charge is -2.35. The van der Waals surface area contributed by atoms with Crippen molar-refractivity contribution in [3.63, 3.8) is 0 Å². The molecule has 27 heavy (non-hydrogen) atoms. The van der Waals surface area contributed by atoms with Gasteiger partial charge >= 0.3 is 6.18 Å². The molecule has 1 fully saturated rings. The highest BCUT2D eigenvalue weighted by Gasteiger charge is 2.34. The second kappa shape index (κ2) is 8.21. The lowest BCUT2D eigenvalue weighted by Crippen LogP contribution is -2.43. The van der Waals surface area contributed by atoms with Crippen LogP contribution in [0.2, 0.25) is 0 Å². The smallest absolute Gasteiger partial charge is 0.368 e. The lowest BCUT2D eigenvalue weighted by atomic mass is 9.99. The molecule has 2 aromatic rings. The van der Waals surface area contributed by atoms with Gasteiger partial charge in [0.15, 0.2) is 11.5 Å². The standard InChI is InChI=1S/C19H24F3N5/c1-13-4-3-9-27(12-13)14(2)11-24-17-10-16(19(20,21)22)25-18(26-17)15-5-7-23-8-6-15/h5-8,10,13-14H,3-4,9,11-12H2,1-2H3,(H,24,25,26). The number of hydrogen-bond donors (Lipinski definition) is 1. The third-order valence-corrected chi connectivity index (χ3v) is 4.85. The Kier molecular flexibility index (Phi) is 5.94. The van der Waals surface area contributed by atoms with Crippen molar-refractivity contribution in [2.45, 2.75) is 38.9 Å². The molecular weight excluding hydrogens is 355 g/mol. The van der Waals surface area contributed by atoms with E-state index in [4.69, 9.17) is 0 Å². The first kappa shape index (κ1) is 19.5. The van der Waals surface area contributed by atoms with Gasteiger partial charge < -0.3 is 5.32 Å². The Morgan fingerprint density at radius 2 is 2.00 bits per heavy atom. The van der Waals surface area contributed by atoms with E-state index >= 15 is 0 Å². The van der Waals surface area contributed by atoms with E-state index in [-0.39, 0.29) is 17.7 Å². The molecule has 0 aliphatic carbocycles. The van der Waals surface area contributed by atoms with Crippen LogP contribution in [-0.2, 0) is 6.18 Å². The Labute approximate surface area is 157 Å². The molecule has 3 rings (SSSR count). The fourth-order valence-electron chi connectivity index (χ4n) is 3.32. The van der Waals surface area contributed by atoms with Gasteiger partial charge in [0, 0.05) is 43.2 Å². The third kappa shape index (κ3) is 5.15. The van der Waals surface area contributed by atoms with E-state index in [1.807, 2.05) is 0 Å². The van der Waals surface area contributed by atoms with E-state index in [1.165, 1.54) is 18.8 Å². The first-order valence-corrected chi connectivity index (χ1v) is 9.17. The van der Waals surface area contributed by atoms with E-state index in [1.54, 1.807) is 12.1 Å². The monoisotopic (exact) mass is 379 g/mol. The zero-order valence-electron chi connectivity index (χ0n) is 15.5. The van der Waals surface area contributed by atoms with E-state index in [0.29, 0.717) is 18.0 Å². The summed E-state index contributed by atoms with van der Waals surface area (Å²) < 4.78 is 39.8. The molecule has 0 aromatic carbocycles. The number of hydrogen-bond acceptors (Lipinski definition) is 5. The zero-order chi connectivity index (χ0) is 19.4. The van der Waals surface area contributed by atoms with Crippen molar-refractivity contribution in [1.29, 1.82) is 0 Å². The summed E-state index contributed by atoms with van der Waals surface area (Å²) in [5.74, 6) is 0.866. The molecule has 1 aliphatic rings. The second-order valence-corrected chi connectivity index (χ2v) is 7.17. The van der Waals surface area contributed by atoms with Crippen LogP contribution in [0.4, 0.5) is 19.0 Å². The molecule has 2 atom stereocenters. The van der Waals surface area contributed by atoms with Gasteiger partial charge in [-0.15, -0.1) is 0 Å². The maximum absolute atomic E-state index is 13.3. The van der Waals surface area contributed by atoms with Gasteiger partial charge in [0.2, 0.25) is 0 Å². The topological polar surface area (TPSA) is 53.9 Å². The van der Waals surface area contributed by atoms with E-state index in [9.17, 15) is 13.2 Å². The van der Waals surface area contributed by atoms with Crippen molar-refractivity contribution < 1.29 is 13.2 Å². The lowest BCUT2D eigenvalue weighted by molar-refractivity contribution is -0.141. The fourth-order valence-corrected chi connectivity index (χ4v) is 3.32. The molecule has 2 unspecified atom stereocenters. The number of likely N-dealkylation sites (tertiary alicyclic amines) is 1.